The van der Waals surface area contributed by atoms with Crippen molar-refractivity contribution < 1.29 is 8.42 Å². The first-order valence-electron chi connectivity index (χ1n) is 8.48. The number of thiophene rings is 1. The van der Waals surface area contributed by atoms with Gasteiger partial charge in [-0.2, -0.15) is 0 Å². The summed E-state index contributed by atoms with van der Waals surface area (Å²) in [5.74, 6) is 0. The molecule has 4 rings (SSSR count). The average molecular weight is 430 g/mol. The van der Waals surface area contributed by atoms with Gasteiger partial charge in [0.15, 0.2) is 9.84 Å². The number of halogens is 1. The normalized spacial score (nSPS) is 11.8. The minimum Gasteiger partial charge on any atom is -0.310 e. The van der Waals surface area contributed by atoms with Gasteiger partial charge in [-0.1, -0.05) is 29.8 Å². The lowest BCUT2D eigenvalue weighted by atomic mass is 10.1. The number of hydrogen-bond donors (Lipinski definition) is 0. The second-order valence-corrected chi connectivity index (χ2v) is 9.96. The van der Waals surface area contributed by atoms with E-state index in [9.17, 15) is 13.2 Å². The highest BCUT2D eigenvalue weighted by molar-refractivity contribution is 7.90. The second-order valence-electron chi connectivity index (χ2n) is 6.56. The number of rotatable bonds is 4. The molecule has 2 aromatic heterocycles. The van der Waals surface area contributed by atoms with Crippen LogP contribution in [0.1, 0.15) is 5.56 Å². The van der Waals surface area contributed by atoms with Crippen LogP contribution in [0.25, 0.3) is 21.2 Å². The van der Waals surface area contributed by atoms with Crippen LogP contribution in [0, 0.1) is 0 Å². The molecule has 2 aromatic carbocycles. The Morgan fingerprint density at radius 2 is 1.79 bits per heavy atom. The van der Waals surface area contributed by atoms with Crippen LogP contribution in [-0.4, -0.2) is 19.2 Å². The molecule has 142 valence electrons. The van der Waals surface area contributed by atoms with E-state index in [1.165, 1.54) is 6.26 Å². The summed E-state index contributed by atoms with van der Waals surface area (Å²) in [4.78, 5) is 14.3. The molecule has 7 heteroatoms. The third-order valence-electron chi connectivity index (χ3n) is 4.54. The average Bonchev–Trinajstić information content (AvgIpc) is 3.18. The van der Waals surface area contributed by atoms with Crippen molar-refractivity contribution in [3.05, 3.63) is 87.1 Å². The van der Waals surface area contributed by atoms with E-state index in [4.69, 9.17) is 11.6 Å². The third-order valence-corrected chi connectivity index (χ3v) is 6.81. The molecule has 0 amide bonds. The number of sulfone groups is 1. The molecule has 0 N–H and O–H groups in total. The molecular formula is C21H16ClNO3S2. The highest BCUT2D eigenvalue weighted by Gasteiger charge is 2.13. The molecule has 0 aliphatic carbocycles. The van der Waals surface area contributed by atoms with E-state index in [1.54, 1.807) is 52.3 Å². The third kappa shape index (κ3) is 3.63. The molecular weight excluding hydrogens is 414 g/mol. The lowest BCUT2D eigenvalue weighted by molar-refractivity contribution is 0.602. The first-order valence-corrected chi connectivity index (χ1v) is 11.6. The zero-order valence-corrected chi connectivity index (χ0v) is 17.3. The van der Waals surface area contributed by atoms with Crippen molar-refractivity contribution in [2.45, 2.75) is 11.4 Å². The molecule has 4 aromatic rings. The zero-order valence-electron chi connectivity index (χ0n) is 14.9. The molecule has 0 unspecified atom stereocenters. The highest BCUT2D eigenvalue weighted by atomic mass is 35.5. The Balaban J connectivity index is 1.85. The van der Waals surface area contributed by atoms with Crippen molar-refractivity contribution >= 4 is 43.5 Å². The monoisotopic (exact) mass is 429 g/mol. The summed E-state index contributed by atoms with van der Waals surface area (Å²) in [6, 6.07) is 15.9. The summed E-state index contributed by atoms with van der Waals surface area (Å²) >= 11 is 7.77. The Hall–Kier alpha value is -2.41. The van der Waals surface area contributed by atoms with Crippen LogP contribution in [0.3, 0.4) is 0 Å². The Morgan fingerprint density at radius 3 is 2.43 bits per heavy atom. The van der Waals surface area contributed by atoms with Crippen molar-refractivity contribution in [1.82, 2.24) is 4.57 Å². The van der Waals surface area contributed by atoms with Crippen LogP contribution in [0.5, 0.6) is 0 Å². The zero-order chi connectivity index (χ0) is 19.9. The number of pyridine rings is 1. The Bertz CT molecular complexity index is 1320. The Kier molecular flexibility index (Phi) is 4.87. The fourth-order valence-electron chi connectivity index (χ4n) is 3.15. The van der Waals surface area contributed by atoms with E-state index in [1.807, 2.05) is 29.8 Å². The van der Waals surface area contributed by atoms with E-state index < -0.39 is 9.84 Å². The number of nitrogens with zero attached hydrogens (tertiary/aromatic N) is 1. The van der Waals surface area contributed by atoms with E-state index in [0.717, 1.165) is 21.4 Å². The van der Waals surface area contributed by atoms with Crippen LogP contribution in [0.15, 0.2) is 75.9 Å². The van der Waals surface area contributed by atoms with E-state index in [2.05, 4.69) is 0 Å². The maximum atomic E-state index is 13.0. The quantitative estimate of drug-likeness (QED) is 0.466. The van der Waals surface area contributed by atoms with E-state index in [-0.39, 0.29) is 10.5 Å². The summed E-state index contributed by atoms with van der Waals surface area (Å²) in [6.07, 6.45) is 3.02. The lowest BCUT2D eigenvalue weighted by Gasteiger charge is -2.12. The molecule has 0 spiro atoms. The predicted octanol–water partition coefficient (Wildman–Crippen LogP) is 4.84. The minimum atomic E-state index is -3.25. The molecule has 0 atom stereocenters. The van der Waals surface area contributed by atoms with E-state index in [0.29, 0.717) is 17.0 Å². The molecule has 0 aliphatic heterocycles. The fourth-order valence-corrected chi connectivity index (χ4v) is 4.70. The van der Waals surface area contributed by atoms with Gasteiger partial charge in [-0.15, -0.1) is 11.3 Å². The standard InChI is InChI=1S/C21H16ClNO3S2/c1-28(25,26)16-7-4-14(5-8-16)12-23-13-19(20-3-2-10-27-20)18-11-15(22)6-9-17(18)21(23)24/h2-11,13H,12H2,1H3. The van der Waals surface area contributed by atoms with Gasteiger partial charge in [0, 0.05) is 33.3 Å². The Morgan fingerprint density at radius 1 is 1.04 bits per heavy atom. The van der Waals surface area contributed by atoms with Gasteiger partial charge in [-0.25, -0.2) is 8.42 Å². The minimum absolute atomic E-state index is 0.112. The summed E-state index contributed by atoms with van der Waals surface area (Å²) in [5.41, 5.74) is 1.68. The van der Waals surface area contributed by atoms with Gasteiger partial charge in [0.05, 0.1) is 11.4 Å². The number of hydrogen-bond acceptors (Lipinski definition) is 4. The molecule has 0 fully saturated rings. The van der Waals surface area contributed by atoms with Gasteiger partial charge < -0.3 is 4.57 Å². The number of aromatic nitrogens is 1. The van der Waals surface area contributed by atoms with Gasteiger partial charge in [-0.3, -0.25) is 4.79 Å². The van der Waals surface area contributed by atoms with Crippen LogP contribution < -0.4 is 5.56 Å². The highest BCUT2D eigenvalue weighted by Crippen LogP contribution is 2.32. The second kappa shape index (κ2) is 7.20. The summed E-state index contributed by atoms with van der Waals surface area (Å²) in [7, 11) is -3.25. The molecule has 0 aliphatic rings. The molecule has 0 saturated carbocycles. The van der Waals surface area contributed by atoms with Crippen molar-refractivity contribution in [3.63, 3.8) is 0 Å². The van der Waals surface area contributed by atoms with Crippen LogP contribution in [0.2, 0.25) is 5.02 Å². The van der Waals surface area contributed by atoms with Gasteiger partial charge in [0.25, 0.3) is 5.56 Å². The molecule has 2 heterocycles. The maximum Gasteiger partial charge on any atom is 0.258 e. The smallest absolute Gasteiger partial charge is 0.258 e. The van der Waals surface area contributed by atoms with Crippen LogP contribution in [0.4, 0.5) is 0 Å². The van der Waals surface area contributed by atoms with Gasteiger partial charge in [0.2, 0.25) is 0 Å². The summed E-state index contributed by atoms with van der Waals surface area (Å²) < 4.78 is 24.9. The summed E-state index contributed by atoms with van der Waals surface area (Å²) in [6.45, 7) is 0.347. The topological polar surface area (TPSA) is 56.1 Å². The number of fused-ring (bicyclic) bond motifs is 1. The van der Waals surface area contributed by atoms with Crippen molar-refractivity contribution in [2.75, 3.05) is 6.26 Å². The lowest BCUT2D eigenvalue weighted by Crippen LogP contribution is -2.20. The Labute approximate surface area is 171 Å². The van der Waals surface area contributed by atoms with Crippen molar-refractivity contribution in [1.29, 1.82) is 0 Å². The number of benzene rings is 2. The van der Waals surface area contributed by atoms with Gasteiger partial charge in [-0.05, 0) is 52.7 Å². The molecule has 4 nitrogen and oxygen atoms in total. The molecule has 0 saturated heterocycles. The van der Waals surface area contributed by atoms with E-state index >= 15 is 0 Å². The molecule has 0 radical (unpaired) electrons. The fraction of sp³-hybridized carbons (Fsp3) is 0.0952. The largest absolute Gasteiger partial charge is 0.310 e. The van der Waals surface area contributed by atoms with Gasteiger partial charge in [0.1, 0.15) is 0 Å². The predicted molar refractivity (Wildman–Crippen MR) is 115 cm³/mol. The van der Waals surface area contributed by atoms with Gasteiger partial charge >= 0.3 is 0 Å². The maximum absolute atomic E-state index is 13.0. The van der Waals surface area contributed by atoms with Crippen LogP contribution >= 0.6 is 22.9 Å². The molecule has 28 heavy (non-hydrogen) atoms. The SMILES string of the molecule is CS(=O)(=O)c1ccc(Cn2cc(-c3cccs3)c3cc(Cl)ccc3c2=O)cc1. The first kappa shape index (κ1) is 18.9. The van der Waals surface area contributed by atoms with Crippen molar-refractivity contribution in [2.24, 2.45) is 0 Å². The summed E-state index contributed by atoms with van der Waals surface area (Å²) in [5, 5.41) is 4.00. The van der Waals surface area contributed by atoms with Crippen LogP contribution in [-0.2, 0) is 16.4 Å². The van der Waals surface area contributed by atoms with Crippen molar-refractivity contribution in [3.8, 4) is 10.4 Å². The molecule has 0 bridgehead atoms. The first-order chi connectivity index (χ1) is 13.3.